The van der Waals surface area contributed by atoms with Gasteiger partial charge in [-0.2, -0.15) is 0 Å². The van der Waals surface area contributed by atoms with E-state index in [1.807, 2.05) is 0 Å². The van der Waals surface area contributed by atoms with E-state index in [0.717, 1.165) is 44.8 Å². The summed E-state index contributed by atoms with van der Waals surface area (Å²) in [5.41, 5.74) is 2.28. The molecule has 2 rings (SSSR count). The highest BCUT2D eigenvalue weighted by molar-refractivity contribution is 5.78. The van der Waals surface area contributed by atoms with Crippen molar-refractivity contribution in [3.63, 3.8) is 0 Å². The Labute approximate surface area is 127 Å². The molecule has 0 aromatic heterocycles. The van der Waals surface area contributed by atoms with Gasteiger partial charge < -0.3 is 15.0 Å². The van der Waals surface area contributed by atoms with Crippen molar-refractivity contribution in [2.45, 2.75) is 32.6 Å². The molecule has 0 aliphatic carbocycles. The van der Waals surface area contributed by atoms with Crippen LogP contribution >= 0.6 is 0 Å². The van der Waals surface area contributed by atoms with Crippen molar-refractivity contribution in [1.29, 1.82) is 0 Å². The summed E-state index contributed by atoms with van der Waals surface area (Å²) in [4.78, 5) is 14.1. The first-order chi connectivity index (χ1) is 10.3. The van der Waals surface area contributed by atoms with Crippen molar-refractivity contribution in [1.82, 2.24) is 5.32 Å². The fourth-order valence-corrected chi connectivity index (χ4v) is 2.50. The van der Waals surface area contributed by atoms with Crippen LogP contribution in [0, 0.1) is 0 Å². The molecule has 0 bridgehead atoms. The summed E-state index contributed by atoms with van der Waals surface area (Å²) >= 11 is 0. The van der Waals surface area contributed by atoms with Gasteiger partial charge in [-0.3, -0.25) is 4.79 Å². The molecule has 4 heteroatoms. The lowest BCUT2D eigenvalue weighted by Crippen LogP contribution is -2.36. The van der Waals surface area contributed by atoms with E-state index in [1.54, 1.807) is 0 Å². The number of hydrogen-bond donors (Lipinski definition) is 1. The molecule has 1 amide bonds. The van der Waals surface area contributed by atoms with Gasteiger partial charge in [-0.05, 0) is 24.1 Å². The summed E-state index contributed by atoms with van der Waals surface area (Å²) in [7, 11) is 0. The van der Waals surface area contributed by atoms with Gasteiger partial charge in [0.25, 0.3) is 0 Å². The van der Waals surface area contributed by atoms with E-state index in [-0.39, 0.29) is 5.91 Å². The molecule has 1 aliphatic rings. The number of anilines is 1. The number of rotatable bonds is 7. The summed E-state index contributed by atoms with van der Waals surface area (Å²) in [6.45, 7) is 6.43. The zero-order valence-corrected chi connectivity index (χ0v) is 12.9. The molecular weight excluding hydrogens is 264 g/mol. The first-order valence-corrected chi connectivity index (χ1v) is 7.98. The van der Waals surface area contributed by atoms with E-state index in [0.29, 0.717) is 6.42 Å². The first kappa shape index (κ1) is 15.8. The predicted molar refractivity (Wildman–Crippen MR) is 85.7 cm³/mol. The average molecular weight is 290 g/mol. The van der Waals surface area contributed by atoms with E-state index in [2.05, 4.69) is 41.4 Å². The highest BCUT2D eigenvalue weighted by Gasteiger charge is 2.11. The van der Waals surface area contributed by atoms with Crippen LogP contribution in [0.25, 0.3) is 0 Å². The van der Waals surface area contributed by atoms with Gasteiger partial charge in [0.05, 0.1) is 19.6 Å². The molecule has 116 valence electrons. The monoisotopic (exact) mass is 290 g/mol. The van der Waals surface area contributed by atoms with Crippen LogP contribution < -0.4 is 10.2 Å². The number of nitrogens with one attached hydrogen (secondary N) is 1. The Bertz CT molecular complexity index is 425. The number of hydrogen-bond acceptors (Lipinski definition) is 3. The van der Waals surface area contributed by atoms with Gasteiger partial charge in [-0.15, -0.1) is 0 Å². The lowest BCUT2D eigenvalue weighted by Gasteiger charge is -2.28. The molecule has 0 unspecified atom stereocenters. The molecule has 21 heavy (non-hydrogen) atoms. The Morgan fingerprint density at radius 3 is 2.57 bits per heavy atom. The summed E-state index contributed by atoms with van der Waals surface area (Å²) in [6, 6.07) is 8.31. The van der Waals surface area contributed by atoms with E-state index < -0.39 is 0 Å². The number of nitrogens with zero attached hydrogens (tertiary/aromatic N) is 1. The van der Waals surface area contributed by atoms with Gasteiger partial charge in [0.1, 0.15) is 0 Å². The van der Waals surface area contributed by atoms with Gasteiger partial charge >= 0.3 is 0 Å². The van der Waals surface area contributed by atoms with Crippen LogP contribution in [-0.4, -0.2) is 38.8 Å². The molecule has 0 saturated carbocycles. The van der Waals surface area contributed by atoms with Crippen LogP contribution in [0.2, 0.25) is 0 Å². The third-order valence-electron chi connectivity index (χ3n) is 3.78. The Balaban J connectivity index is 1.77. The number of benzene rings is 1. The second-order valence-electron chi connectivity index (χ2n) is 5.50. The Morgan fingerprint density at radius 2 is 1.90 bits per heavy atom. The summed E-state index contributed by atoms with van der Waals surface area (Å²) in [6.07, 6.45) is 3.89. The molecule has 1 heterocycles. The molecule has 1 fully saturated rings. The fraction of sp³-hybridized carbons (Fsp3) is 0.588. The van der Waals surface area contributed by atoms with Gasteiger partial charge in [0.15, 0.2) is 0 Å². The van der Waals surface area contributed by atoms with Crippen molar-refractivity contribution in [2.24, 2.45) is 0 Å². The maximum Gasteiger partial charge on any atom is 0.224 e. The summed E-state index contributed by atoms with van der Waals surface area (Å²) < 4.78 is 5.36. The maximum atomic E-state index is 11.8. The molecule has 1 aliphatic heterocycles. The zero-order chi connectivity index (χ0) is 14.9. The molecule has 1 saturated heterocycles. The molecule has 1 aromatic rings. The minimum atomic E-state index is 0.116. The molecule has 0 radical (unpaired) electrons. The third-order valence-corrected chi connectivity index (χ3v) is 3.78. The third kappa shape index (κ3) is 5.38. The topological polar surface area (TPSA) is 41.6 Å². The summed E-state index contributed by atoms with van der Waals surface area (Å²) in [5, 5.41) is 2.98. The van der Waals surface area contributed by atoms with Crippen LogP contribution in [0.5, 0.6) is 0 Å². The standard InChI is InChI=1S/C17H26N2O2/c1-2-3-4-9-18-17(20)14-15-5-7-16(8-6-15)19-10-12-21-13-11-19/h5-8H,2-4,9-14H2,1H3,(H,18,20). The highest BCUT2D eigenvalue weighted by atomic mass is 16.5. The number of amides is 1. The average Bonchev–Trinajstić information content (AvgIpc) is 2.53. The fourth-order valence-electron chi connectivity index (χ4n) is 2.50. The predicted octanol–water partition coefficient (Wildman–Crippen LogP) is 2.37. The van der Waals surface area contributed by atoms with Crippen LogP contribution in [-0.2, 0) is 16.0 Å². The normalized spacial score (nSPS) is 15.0. The van der Waals surface area contributed by atoms with E-state index in [1.165, 1.54) is 18.5 Å². The van der Waals surface area contributed by atoms with E-state index in [9.17, 15) is 4.79 Å². The maximum absolute atomic E-state index is 11.8. The molecule has 4 nitrogen and oxygen atoms in total. The number of carbonyl (C=O) groups is 1. The van der Waals surface area contributed by atoms with Crippen molar-refractivity contribution in [3.8, 4) is 0 Å². The molecule has 1 aromatic carbocycles. The smallest absolute Gasteiger partial charge is 0.224 e. The molecule has 0 spiro atoms. The van der Waals surface area contributed by atoms with Gasteiger partial charge in [-0.25, -0.2) is 0 Å². The van der Waals surface area contributed by atoms with Crippen LogP contribution in [0.15, 0.2) is 24.3 Å². The van der Waals surface area contributed by atoms with Crippen molar-refractivity contribution in [2.75, 3.05) is 37.7 Å². The molecular formula is C17H26N2O2. The van der Waals surface area contributed by atoms with Crippen LogP contribution in [0.1, 0.15) is 31.7 Å². The number of morpholine rings is 1. The van der Waals surface area contributed by atoms with Crippen LogP contribution in [0.4, 0.5) is 5.69 Å². The minimum absolute atomic E-state index is 0.116. The molecule has 1 N–H and O–H groups in total. The quantitative estimate of drug-likeness (QED) is 0.784. The Hall–Kier alpha value is -1.55. The second-order valence-corrected chi connectivity index (χ2v) is 5.50. The SMILES string of the molecule is CCCCCNC(=O)Cc1ccc(N2CCOCC2)cc1. The van der Waals surface area contributed by atoms with Gasteiger partial charge in [0.2, 0.25) is 5.91 Å². The van der Waals surface area contributed by atoms with Crippen molar-refractivity contribution in [3.05, 3.63) is 29.8 Å². The first-order valence-electron chi connectivity index (χ1n) is 7.98. The highest BCUT2D eigenvalue weighted by Crippen LogP contribution is 2.16. The van der Waals surface area contributed by atoms with Crippen molar-refractivity contribution >= 4 is 11.6 Å². The summed E-state index contributed by atoms with van der Waals surface area (Å²) in [5.74, 6) is 0.116. The lowest BCUT2D eigenvalue weighted by atomic mass is 10.1. The van der Waals surface area contributed by atoms with Crippen LogP contribution in [0.3, 0.4) is 0 Å². The Morgan fingerprint density at radius 1 is 1.19 bits per heavy atom. The Kier molecular flexibility index (Phi) is 6.54. The number of unbranched alkanes of at least 4 members (excludes halogenated alkanes) is 2. The number of ether oxygens (including phenoxy) is 1. The minimum Gasteiger partial charge on any atom is -0.378 e. The van der Waals surface area contributed by atoms with E-state index >= 15 is 0 Å². The largest absolute Gasteiger partial charge is 0.378 e. The van der Waals surface area contributed by atoms with Gasteiger partial charge in [-0.1, -0.05) is 31.9 Å². The lowest BCUT2D eigenvalue weighted by molar-refractivity contribution is -0.120. The van der Waals surface area contributed by atoms with Gasteiger partial charge in [0, 0.05) is 25.3 Å². The number of carbonyl (C=O) groups excluding carboxylic acids is 1. The molecule has 0 atom stereocenters. The van der Waals surface area contributed by atoms with E-state index in [4.69, 9.17) is 4.74 Å². The zero-order valence-electron chi connectivity index (χ0n) is 12.9. The van der Waals surface area contributed by atoms with Crippen molar-refractivity contribution < 1.29 is 9.53 Å². The second kappa shape index (κ2) is 8.67.